The van der Waals surface area contributed by atoms with Crippen LogP contribution in [0.25, 0.3) is 0 Å². The summed E-state index contributed by atoms with van der Waals surface area (Å²) in [5.41, 5.74) is 4.30. The van der Waals surface area contributed by atoms with Crippen molar-refractivity contribution in [1.29, 1.82) is 0 Å². The third-order valence-corrected chi connectivity index (χ3v) is 9.42. The summed E-state index contributed by atoms with van der Waals surface area (Å²) in [5, 5.41) is 6.13. The van der Waals surface area contributed by atoms with Gasteiger partial charge in [0.15, 0.2) is 0 Å². The van der Waals surface area contributed by atoms with Gasteiger partial charge in [0.1, 0.15) is 0 Å². The molecule has 2 fully saturated rings. The minimum absolute atomic E-state index is 0.0569. The van der Waals surface area contributed by atoms with Crippen molar-refractivity contribution >= 4 is 11.6 Å². The Morgan fingerprint density at radius 3 is 2.59 bits per heavy atom. The van der Waals surface area contributed by atoms with Gasteiger partial charge in [-0.2, -0.15) is 7.05 Å². The average molecular weight is 413 g/mol. The van der Waals surface area contributed by atoms with Crippen LogP contribution in [0.4, 0.5) is 0 Å². The highest BCUT2D eigenvalue weighted by Gasteiger charge is 2.63. The Kier molecular flexibility index (Phi) is 4.80. The van der Waals surface area contributed by atoms with Crippen LogP contribution in [-0.4, -0.2) is 17.5 Å². The van der Waals surface area contributed by atoms with Crippen LogP contribution < -0.4 is 10.6 Å². The highest BCUT2D eigenvalue weighted by Crippen LogP contribution is 2.64. The van der Waals surface area contributed by atoms with E-state index in [-0.39, 0.29) is 27.7 Å². The van der Waals surface area contributed by atoms with Gasteiger partial charge in [-0.3, -0.25) is 0 Å². The fourth-order valence-corrected chi connectivity index (χ4v) is 7.16. The van der Waals surface area contributed by atoms with E-state index in [0.717, 1.165) is 6.42 Å². The van der Waals surface area contributed by atoms with Crippen LogP contribution in [0.3, 0.4) is 0 Å². The van der Waals surface area contributed by atoms with E-state index in [9.17, 15) is 0 Å². The number of nitrogens with two attached hydrogens (primary N) is 1. The third-order valence-electron chi connectivity index (χ3n) is 8.78. The number of hydrogen-bond donors (Lipinski definition) is 2. The van der Waals surface area contributed by atoms with Crippen molar-refractivity contribution in [2.75, 3.05) is 0 Å². The molecular weight excluding hydrogens is 376 g/mol. The molecule has 1 heterocycles. The van der Waals surface area contributed by atoms with Crippen molar-refractivity contribution in [2.24, 2.45) is 34.0 Å². The molecule has 0 aromatic rings. The average Bonchev–Trinajstić information content (AvgIpc) is 3.08. The maximum Gasteiger partial charge on any atom is 0.0794 e. The minimum Gasteiger partial charge on any atom is -0.475 e. The molecule has 4 aliphatic rings. The van der Waals surface area contributed by atoms with Crippen molar-refractivity contribution < 1.29 is 5.32 Å². The topological polar surface area (TPSA) is 28.6 Å². The fraction of sp³-hybridized carbons (Fsp3) is 0.577. The molecule has 0 spiro atoms. The number of hydrogen-bond acceptors (Lipinski definition) is 1. The first kappa shape index (κ1) is 21.0. The first-order valence-electron chi connectivity index (χ1n) is 11.0. The highest BCUT2D eigenvalue weighted by molar-refractivity contribution is 6.21. The van der Waals surface area contributed by atoms with E-state index in [1.807, 2.05) is 0 Å². The van der Waals surface area contributed by atoms with Crippen molar-refractivity contribution in [3.63, 3.8) is 0 Å². The van der Waals surface area contributed by atoms with E-state index in [1.54, 1.807) is 11.1 Å². The van der Waals surface area contributed by atoms with Gasteiger partial charge in [0.25, 0.3) is 0 Å². The molecule has 0 saturated heterocycles. The van der Waals surface area contributed by atoms with Crippen LogP contribution in [0.2, 0.25) is 0 Å². The summed E-state index contributed by atoms with van der Waals surface area (Å²) in [5.74, 6) is 1.29. The van der Waals surface area contributed by atoms with Crippen LogP contribution in [0.1, 0.15) is 41.0 Å². The van der Waals surface area contributed by atoms with Crippen molar-refractivity contribution in [3.8, 4) is 0 Å². The van der Waals surface area contributed by atoms with E-state index in [0.29, 0.717) is 23.8 Å². The predicted octanol–water partition coefficient (Wildman–Crippen LogP) is 4.74. The first-order chi connectivity index (χ1) is 13.5. The lowest BCUT2D eigenvalue weighted by Crippen LogP contribution is -2.91. The summed E-state index contributed by atoms with van der Waals surface area (Å²) in [6.07, 6.45) is 12.1. The number of fused-ring (bicyclic) bond motifs is 2. The molecule has 1 aliphatic heterocycles. The van der Waals surface area contributed by atoms with Crippen LogP contribution in [0, 0.1) is 41.0 Å². The summed E-state index contributed by atoms with van der Waals surface area (Å²) in [7, 11) is 4.30. The van der Waals surface area contributed by atoms with Crippen LogP contribution >= 0.6 is 11.6 Å². The van der Waals surface area contributed by atoms with Crippen molar-refractivity contribution in [1.82, 2.24) is 5.32 Å². The summed E-state index contributed by atoms with van der Waals surface area (Å²) in [6.45, 7) is 20.1. The van der Waals surface area contributed by atoms with E-state index >= 15 is 0 Å². The smallest absolute Gasteiger partial charge is 0.0794 e. The SMILES string of the molecule is C=CC(C)(C)C1=C2C3C(=CC=CC3N1)C(C)(C)[C@H]1C[C@@H](Cl)[C@](C)(C=C)[C@H]([NH2+][CH2-])[C@H]21. The van der Waals surface area contributed by atoms with E-state index < -0.39 is 0 Å². The minimum atomic E-state index is -0.166. The summed E-state index contributed by atoms with van der Waals surface area (Å²) >= 11 is 7.07. The van der Waals surface area contributed by atoms with E-state index in [4.69, 9.17) is 11.6 Å². The number of allylic oxidation sites excluding steroid dienone is 3. The molecular formula is C26H37ClN2. The zero-order chi connectivity index (χ0) is 21.4. The lowest BCUT2D eigenvalue weighted by molar-refractivity contribution is -0.658. The van der Waals surface area contributed by atoms with Gasteiger partial charge < -0.3 is 10.6 Å². The molecule has 3 N–H and O–H groups in total. The highest BCUT2D eigenvalue weighted by atomic mass is 35.5. The largest absolute Gasteiger partial charge is 0.475 e. The molecule has 7 atom stereocenters. The van der Waals surface area contributed by atoms with Gasteiger partial charge in [-0.05, 0) is 30.3 Å². The lowest BCUT2D eigenvalue weighted by Gasteiger charge is -2.59. The van der Waals surface area contributed by atoms with E-state index in [2.05, 4.69) is 95.8 Å². The monoisotopic (exact) mass is 412 g/mol. The second-order valence-electron chi connectivity index (χ2n) is 10.8. The quantitative estimate of drug-likeness (QED) is 0.390. The van der Waals surface area contributed by atoms with Crippen LogP contribution in [-0.2, 0) is 0 Å². The molecule has 2 nitrogen and oxygen atoms in total. The van der Waals surface area contributed by atoms with Crippen molar-refractivity contribution in [3.05, 3.63) is 67.4 Å². The number of rotatable bonds is 4. The van der Waals surface area contributed by atoms with E-state index in [1.165, 1.54) is 5.70 Å². The van der Waals surface area contributed by atoms with Gasteiger partial charge in [0, 0.05) is 28.3 Å². The Balaban J connectivity index is 2.00. The maximum atomic E-state index is 7.07. The molecule has 29 heavy (non-hydrogen) atoms. The van der Waals surface area contributed by atoms with Gasteiger partial charge in [0.05, 0.1) is 17.5 Å². The summed E-state index contributed by atoms with van der Waals surface area (Å²) in [6, 6.07) is 0.591. The van der Waals surface area contributed by atoms with Gasteiger partial charge in [0.2, 0.25) is 0 Å². The Bertz CT molecular complexity index is 830. The first-order valence-corrected chi connectivity index (χ1v) is 11.4. The summed E-state index contributed by atoms with van der Waals surface area (Å²) in [4.78, 5) is 0. The molecule has 3 heteroatoms. The Morgan fingerprint density at radius 2 is 2.00 bits per heavy atom. The molecule has 2 unspecified atom stereocenters. The van der Waals surface area contributed by atoms with Gasteiger partial charge in [-0.1, -0.05) is 63.6 Å². The van der Waals surface area contributed by atoms with Gasteiger partial charge in [-0.25, -0.2) is 0 Å². The number of halogens is 1. The Hall–Kier alpha value is -1.25. The molecule has 158 valence electrons. The van der Waals surface area contributed by atoms with Gasteiger partial charge in [-0.15, -0.1) is 24.8 Å². The van der Waals surface area contributed by atoms with Gasteiger partial charge >= 0.3 is 0 Å². The zero-order valence-electron chi connectivity index (χ0n) is 18.6. The number of quaternary nitrogens is 1. The molecule has 3 aliphatic carbocycles. The standard InChI is InChI=1S/C26H37ClN2/c1-9-24(3,4)22-21-19-15(12-11-13-17(19)29-22)25(5,6)16-14-18(27)26(7,10-2)23(28-8)20(16)21/h9-13,16-20,23,29H,1-2,8,14,28H2,3-7H3/t16-,17?,18+,19?,20-,23+,26-/m0/s1. The van der Waals surface area contributed by atoms with Crippen LogP contribution in [0.15, 0.2) is 60.4 Å². The zero-order valence-corrected chi connectivity index (χ0v) is 19.4. The Labute approximate surface area is 182 Å². The van der Waals surface area contributed by atoms with Crippen LogP contribution in [0.5, 0.6) is 0 Å². The molecule has 0 radical (unpaired) electrons. The molecule has 0 bridgehead atoms. The normalized spacial score (nSPS) is 42.5. The fourth-order valence-electron chi connectivity index (χ4n) is 6.74. The predicted molar refractivity (Wildman–Crippen MR) is 123 cm³/mol. The number of nitrogens with one attached hydrogen (secondary N) is 1. The second-order valence-corrected chi connectivity index (χ2v) is 11.3. The van der Waals surface area contributed by atoms with Crippen molar-refractivity contribution in [2.45, 2.75) is 58.5 Å². The molecule has 4 rings (SSSR count). The summed E-state index contributed by atoms with van der Waals surface area (Å²) < 4.78 is 0. The maximum absolute atomic E-state index is 7.07. The molecule has 0 aromatic carbocycles. The lowest BCUT2D eigenvalue weighted by atomic mass is 9.46. The molecule has 0 amide bonds. The molecule has 2 saturated carbocycles. The Morgan fingerprint density at radius 1 is 1.31 bits per heavy atom. The molecule has 0 aromatic heterocycles. The second kappa shape index (κ2) is 6.62. The number of alkyl halides is 1. The third kappa shape index (κ3) is 2.64.